The van der Waals surface area contributed by atoms with Gasteiger partial charge in [-0.2, -0.15) is 0 Å². The molecule has 2 atom stereocenters. The number of rotatable bonds is 16. The lowest BCUT2D eigenvalue weighted by Gasteiger charge is -2.09. The van der Waals surface area contributed by atoms with Crippen molar-refractivity contribution in [1.82, 2.24) is 10.6 Å². The van der Waals surface area contributed by atoms with Gasteiger partial charge in [-0.05, 0) is 36.4 Å². The standard InChI is InChI=1S/C30H32N2O11/c1-39-11-13-41-9-7-31-29(37)23-25(33)19-5-3-17(15-21(19)27(23)35)43-18-4-6-20-22(16-18)28(36)24(26(20)34)30(38)32-8-10-42-14-12-40-2/h3-6,15-16,23-24H,7-14H2,1-2H3,(H,31,37)(H,32,38). The smallest absolute Gasteiger partial charge is 0.239 e. The Bertz CT molecular complexity index is 1320. The Balaban J connectivity index is 1.37. The second kappa shape index (κ2) is 14.7. The van der Waals surface area contributed by atoms with Crippen LogP contribution in [0.2, 0.25) is 0 Å². The first kappa shape index (κ1) is 31.6. The van der Waals surface area contributed by atoms with E-state index in [2.05, 4.69) is 10.6 Å². The van der Waals surface area contributed by atoms with Crippen LogP contribution in [-0.4, -0.2) is 102 Å². The first-order valence-corrected chi connectivity index (χ1v) is 13.6. The van der Waals surface area contributed by atoms with Crippen molar-refractivity contribution in [3.8, 4) is 11.5 Å². The fourth-order valence-electron chi connectivity index (χ4n) is 4.67. The van der Waals surface area contributed by atoms with Crippen molar-refractivity contribution in [1.29, 1.82) is 0 Å². The van der Waals surface area contributed by atoms with E-state index in [4.69, 9.17) is 23.7 Å². The van der Waals surface area contributed by atoms with E-state index in [0.717, 1.165) is 0 Å². The lowest BCUT2D eigenvalue weighted by atomic mass is 10.0. The maximum Gasteiger partial charge on any atom is 0.239 e. The predicted molar refractivity (Wildman–Crippen MR) is 149 cm³/mol. The highest BCUT2D eigenvalue weighted by atomic mass is 16.5. The number of Topliss-reactive ketones (excluding diaryl/α,β-unsaturated/α-hetero) is 4. The summed E-state index contributed by atoms with van der Waals surface area (Å²) < 4.78 is 26.1. The zero-order valence-electron chi connectivity index (χ0n) is 23.8. The molecule has 43 heavy (non-hydrogen) atoms. The van der Waals surface area contributed by atoms with Crippen molar-refractivity contribution in [3.05, 3.63) is 58.7 Å². The fraction of sp³-hybridized carbons (Fsp3) is 0.400. The number of hydrogen-bond acceptors (Lipinski definition) is 11. The van der Waals surface area contributed by atoms with E-state index in [0.29, 0.717) is 26.4 Å². The van der Waals surface area contributed by atoms with Crippen LogP contribution in [0.25, 0.3) is 0 Å². The zero-order chi connectivity index (χ0) is 30.9. The number of hydrogen-bond donors (Lipinski definition) is 2. The maximum atomic E-state index is 13.0. The van der Waals surface area contributed by atoms with Crippen molar-refractivity contribution in [2.24, 2.45) is 11.8 Å². The third-order valence-electron chi connectivity index (χ3n) is 6.81. The van der Waals surface area contributed by atoms with Crippen LogP contribution in [0.3, 0.4) is 0 Å². The lowest BCUT2D eigenvalue weighted by Crippen LogP contribution is -2.38. The molecule has 0 saturated carbocycles. The molecule has 2 aliphatic rings. The van der Waals surface area contributed by atoms with Gasteiger partial charge in [0.2, 0.25) is 11.8 Å². The summed E-state index contributed by atoms with van der Waals surface area (Å²) >= 11 is 0. The van der Waals surface area contributed by atoms with E-state index in [1.54, 1.807) is 0 Å². The summed E-state index contributed by atoms with van der Waals surface area (Å²) in [5, 5.41) is 5.08. The molecule has 2 aromatic rings. The summed E-state index contributed by atoms with van der Waals surface area (Å²) in [6, 6.07) is 8.41. The van der Waals surface area contributed by atoms with Crippen LogP contribution < -0.4 is 15.4 Å². The summed E-state index contributed by atoms with van der Waals surface area (Å²) in [7, 11) is 3.07. The molecule has 13 nitrogen and oxygen atoms in total. The number of nitrogens with one attached hydrogen (secondary N) is 2. The van der Waals surface area contributed by atoms with Gasteiger partial charge in [0.15, 0.2) is 35.0 Å². The number of fused-ring (bicyclic) bond motifs is 2. The molecule has 0 aliphatic heterocycles. The number of ether oxygens (including phenoxy) is 5. The molecule has 228 valence electrons. The van der Waals surface area contributed by atoms with Gasteiger partial charge in [-0.1, -0.05) is 0 Å². The minimum absolute atomic E-state index is 0.0364. The van der Waals surface area contributed by atoms with Gasteiger partial charge < -0.3 is 34.3 Å². The maximum absolute atomic E-state index is 13.0. The van der Waals surface area contributed by atoms with Crippen LogP contribution in [0.5, 0.6) is 11.5 Å². The second-order valence-electron chi connectivity index (χ2n) is 9.63. The normalized spacial score (nSPS) is 17.2. The third kappa shape index (κ3) is 7.20. The van der Waals surface area contributed by atoms with Crippen molar-refractivity contribution in [3.63, 3.8) is 0 Å². The van der Waals surface area contributed by atoms with Crippen LogP contribution in [0.15, 0.2) is 36.4 Å². The van der Waals surface area contributed by atoms with E-state index in [1.807, 2.05) is 0 Å². The van der Waals surface area contributed by atoms with E-state index in [9.17, 15) is 28.8 Å². The molecule has 4 rings (SSSR count). The van der Waals surface area contributed by atoms with Crippen LogP contribution in [0.1, 0.15) is 41.4 Å². The number of ketones is 4. The number of carbonyl (C=O) groups is 6. The molecule has 0 radical (unpaired) electrons. The number of benzene rings is 2. The third-order valence-corrected chi connectivity index (χ3v) is 6.81. The van der Waals surface area contributed by atoms with Gasteiger partial charge in [0, 0.05) is 49.6 Å². The Morgan fingerprint density at radius 3 is 1.37 bits per heavy atom. The number of amides is 2. The first-order chi connectivity index (χ1) is 20.8. The average molecular weight is 597 g/mol. The molecule has 0 heterocycles. The highest BCUT2D eigenvalue weighted by Crippen LogP contribution is 2.35. The Hall–Kier alpha value is -4.30. The van der Waals surface area contributed by atoms with Gasteiger partial charge in [-0.25, -0.2) is 0 Å². The highest BCUT2D eigenvalue weighted by Gasteiger charge is 2.44. The van der Waals surface area contributed by atoms with Crippen molar-refractivity contribution < 1.29 is 52.5 Å². The molecular formula is C30H32N2O11. The quantitative estimate of drug-likeness (QED) is 0.209. The molecule has 2 aliphatic carbocycles. The molecular weight excluding hydrogens is 564 g/mol. The highest BCUT2D eigenvalue weighted by molar-refractivity contribution is 6.36. The van der Waals surface area contributed by atoms with Crippen molar-refractivity contribution >= 4 is 34.9 Å². The topological polar surface area (TPSA) is 173 Å². The van der Waals surface area contributed by atoms with Gasteiger partial charge in [0.1, 0.15) is 11.5 Å². The van der Waals surface area contributed by atoms with Crippen LogP contribution in [-0.2, 0) is 28.5 Å². The number of carbonyl (C=O) groups excluding carboxylic acids is 6. The van der Waals surface area contributed by atoms with E-state index in [-0.39, 0.29) is 60.1 Å². The molecule has 13 heteroatoms. The van der Waals surface area contributed by atoms with Crippen LogP contribution >= 0.6 is 0 Å². The molecule has 2 N–H and O–H groups in total. The number of methoxy groups -OCH3 is 2. The lowest BCUT2D eigenvalue weighted by molar-refractivity contribution is -0.123. The van der Waals surface area contributed by atoms with Crippen molar-refractivity contribution in [2.45, 2.75) is 0 Å². The van der Waals surface area contributed by atoms with E-state index < -0.39 is 46.8 Å². The van der Waals surface area contributed by atoms with Gasteiger partial charge in [0.25, 0.3) is 0 Å². The summed E-state index contributed by atoms with van der Waals surface area (Å²) in [5.41, 5.74) is 0.270. The molecule has 0 fully saturated rings. The van der Waals surface area contributed by atoms with Crippen LogP contribution in [0.4, 0.5) is 0 Å². The Morgan fingerprint density at radius 1 is 0.581 bits per heavy atom. The molecule has 0 spiro atoms. The van der Waals surface area contributed by atoms with Crippen molar-refractivity contribution in [2.75, 3.05) is 67.0 Å². The van der Waals surface area contributed by atoms with Gasteiger partial charge in [-0.15, -0.1) is 0 Å². The van der Waals surface area contributed by atoms with Crippen LogP contribution in [0, 0.1) is 11.8 Å². The predicted octanol–water partition coefficient (Wildman–Crippen LogP) is 1.03. The summed E-state index contributed by atoms with van der Waals surface area (Å²) in [5.74, 6) is -6.65. The van der Waals surface area contributed by atoms with Gasteiger partial charge in [-0.3, -0.25) is 28.8 Å². The molecule has 0 saturated heterocycles. The average Bonchev–Trinajstić information content (AvgIpc) is 3.39. The van der Waals surface area contributed by atoms with E-state index in [1.165, 1.54) is 50.6 Å². The molecule has 2 unspecified atom stereocenters. The fourth-order valence-corrected chi connectivity index (χ4v) is 4.67. The minimum Gasteiger partial charge on any atom is -0.457 e. The van der Waals surface area contributed by atoms with E-state index >= 15 is 0 Å². The largest absolute Gasteiger partial charge is 0.457 e. The summed E-state index contributed by atoms with van der Waals surface area (Å²) in [4.78, 5) is 76.8. The SMILES string of the molecule is COCCOCCNC(=O)C1C(=O)c2ccc(Oc3ccc4c(c3)C(=O)C(C(=O)NCCOCCOC)C4=O)cc2C1=O. The van der Waals surface area contributed by atoms with Gasteiger partial charge >= 0.3 is 0 Å². The molecule has 0 aromatic heterocycles. The Kier molecular flexibility index (Phi) is 10.8. The Morgan fingerprint density at radius 2 is 0.977 bits per heavy atom. The minimum atomic E-state index is -1.51. The molecule has 2 amide bonds. The summed E-state index contributed by atoms with van der Waals surface area (Å²) in [6.07, 6.45) is 0. The Labute approximate surface area is 247 Å². The second-order valence-corrected chi connectivity index (χ2v) is 9.63. The molecule has 0 bridgehead atoms. The van der Waals surface area contributed by atoms with Gasteiger partial charge in [0.05, 0.1) is 39.6 Å². The molecule has 2 aromatic carbocycles. The first-order valence-electron chi connectivity index (χ1n) is 13.6. The monoisotopic (exact) mass is 596 g/mol. The zero-order valence-corrected chi connectivity index (χ0v) is 23.8. The summed E-state index contributed by atoms with van der Waals surface area (Å²) in [6.45, 7) is 2.12.